The van der Waals surface area contributed by atoms with Crippen LogP contribution in [-0.4, -0.2) is 11.7 Å². The molecule has 2 fully saturated rings. The second-order valence-corrected chi connectivity index (χ2v) is 7.14. The molecule has 0 saturated heterocycles. The van der Waals surface area contributed by atoms with E-state index in [1.165, 1.54) is 28.6 Å². The number of hydrogen-bond donors (Lipinski definition) is 1. The molecule has 1 aromatic rings. The summed E-state index contributed by atoms with van der Waals surface area (Å²) >= 11 is 5.30. The van der Waals surface area contributed by atoms with E-state index in [0.29, 0.717) is 6.61 Å². The molecule has 0 spiro atoms. The van der Waals surface area contributed by atoms with Crippen LogP contribution in [0.2, 0.25) is 0 Å². The molecular weight excluding hydrogens is 272 g/mol. The fourth-order valence-corrected chi connectivity index (χ4v) is 4.78. The van der Waals surface area contributed by atoms with Crippen molar-refractivity contribution in [2.75, 3.05) is 6.61 Å². The van der Waals surface area contributed by atoms with Crippen molar-refractivity contribution in [3.63, 3.8) is 0 Å². The number of hydrogen-bond acceptors (Lipinski definition) is 2. The topological polar surface area (TPSA) is 20.2 Å². The minimum absolute atomic E-state index is 0.220. The van der Waals surface area contributed by atoms with Gasteiger partial charge in [-0.2, -0.15) is 0 Å². The van der Waals surface area contributed by atoms with Crippen LogP contribution in [0.5, 0.6) is 0 Å². The monoisotopic (exact) mass is 286 g/mol. The predicted molar refractivity (Wildman–Crippen MR) is 66.1 cm³/mol. The molecule has 1 aromatic heterocycles. The third-order valence-corrected chi connectivity index (χ3v) is 5.66. The van der Waals surface area contributed by atoms with Crippen LogP contribution < -0.4 is 0 Å². The Morgan fingerprint density at radius 2 is 2.20 bits per heavy atom. The highest BCUT2D eigenvalue weighted by Gasteiger charge is 2.53. The van der Waals surface area contributed by atoms with Gasteiger partial charge in [0.25, 0.3) is 0 Å². The summed E-state index contributed by atoms with van der Waals surface area (Å²) in [6, 6.07) is 2.20. The van der Waals surface area contributed by atoms with Crippen molar-refractivity contribution in [1.29, 1.82) is 0 Å². The van der Waals surface area contributed by atoms with Crippen molar-refractivity contribution in [2.24, 2.45) is 17.3 Å². The maximum Gasteiger partial charge on any atom is 0.0491 e. The van der Waals surface area contributed by atoms with Gasteiger partial charge in [0.05, 0.1) is 0 Å². The molecular formula is C12H15BrOS. The molecule has 2 atom stereocenters. The van der Waals surface area contributed by atoms with Gasteiger partial charge < -0.3 is 5.11 Å². The van der Waals surface area contributed by atoms with E-state index < -0.39 is 0 Å². The smallest absolute Gasteiger partial charge is 0.0491 e. The van der Waals surface area contributed by atoms with Crippen LogP contribution in [0.1, 0.15) is 24.1 Å². The van der Waals surface area contributed by atoms with Gasteiger partial charge in [-0.3, -0.25) is 0 Å². The first-order valence-electron chi connectivity index (χ1n) is 5.55. The maximum absolute atomic E-state index is 9.62. The molecule has 2 aliphatic rings. The predicted octanol–water partition coefficient (Wildman–Crippen LogP) is 3.46. The Morgan fingerprint density at radius 3 is 2.73 bits per heavy atom. The molecule has 82 valence electrons. The zero-order valence-corrected chi connectivity index (χ0v) is 11.0. The van der Waals surface area contributed by atoms with Gasteiger partial charge in [-0.25, -0.2) is 0 Å². The number of thiophene rings is 1. The summed E-state index contributed by atoms with van der Waals surface area (Å²) in [5.74, 6) is 1.89. The molecule has 2 saturated carbocycles. The lowest BCUT2D eigenvalue weighted by atomic mass is 9.80. The van der Waals surface area contributed by atoms with Crippen LogP contribution >= 0.6 is 27.3 Å². The Labute approximate surface area is 103 Å². The van der Waals surface area contributed by atoms with E-state index in [4.69, 9.17) is 0 Å². The lowest BCUT2D eigenvalue weighted by Gasteiger charge is -2.27. The zero-order valence-electron chi connectivity index (χ0n) is 8.58. The van der Waals surface area contributed by atoms with Gasteiger partial charge >= 0.3 is 0 Å². The molecule has 0 bridgehead atoms. The summed E-state index contributed by atoms with van der Waals surface area (Å²) in [7, 11) is 0. The van der Waals surface area contributed by atoms with Crippen LogP contribution in [0, 0.1) is 17.3 Å². The number of halogens is 1. The average Bonchev–Trinajstić information content (AvgIpc) is 2.65. The van der Waals surface area contributed by atoms with E-state index >= 15 is 0 Å². The van der Waals surface area contributed by atoms with Gasteiger partial charge in [0.15, 0.2) is 0 Å². The Bertz CT molecular complexity index is 363. The number of fused-ring (bicyclic) bond motifs is 1. The summed E-state index contributed by atoms with van der Waals surface area (Å²) in [6.45, 7) is 0.371. The van der Waals surface area contributed by atoms with Crippen molar-refractivity contribution in [1.82, 2.24) is 0 Å². The minimum atomic E-state index is 0.220. The van der Waals surface area contributed by atoms with Crippen molar-refractivity contribution < 1.29 is 5.11 Å². The largest absolute Gasteiger partial charge is 0.396 e. The number of aliphatic hydroxyl groups excluding tert-OH is 1. The van der Waals surface area contributed by atoms with Crippen molar-refractivity contribution in [3.8, 4) is 0 Å². The second-order valence-electron chi connectivity index (χ2n) is 5.23. The molecule has 3 heteroatoms. The van der Waals surface area contributed by atoms with Gasteiger partial charge in [-0.05, 0) is 64.9 Å². The highest BCUT2D eigenvalue weighted by molar-refractivity contribution is 9.10. The van der Waals surface area contributed by atoms with Crippen LogP contribution in [0.15, 0.2) is 15.9 Å². The fourth-order valence-electron chi connectivity index (χ4n) is 3.15. The zero-order chi connectivity index (χ0) is 10.5. The van der Waals surface area contributed by atoms with Gasteiger partial charge in [0.1, 0.15) is 0 Å². The van der Waals surface area contributed by atoms with E-state index in [9.17, 15) is 5.11 Å². The first-order valence-corrected chi connectivity index (χ1v) is 7.22. The summed E-state index contributed by atoms with van der Waals surface area (Å²) in [5, 5.41) is 11.8. The van der Waals surface area contributed by atoms with Crippen LogP contribution in [0.25, 0.3) is 0 Å². The van der Waals surface area contributed by atoms with Crippen molar-refractivity contribution in [3.05, 3.63) is 20.8 Å². The summed E-state index contributed by atoms with van der Waals surface area (Å²) in [6.07, 6.45) is 5.01. The highest BCUT2D eigenvalue weighted by Crippen LogP contribution is 2.60. The summed E-state index contributed by atoms with van der Waals surface area (Å²) in [5.41, 5.74) is 0.220. The molecule has 2 aliphatic carbocycles. The Hall–Kier alpha value is 0.140. The molecule has 0 radical (unpaired) electrons. The molecule has 1 N–H and O–H groups in total. The van der Waals surface area contributed by atoms with E-state index in [-0.39, 0.29) is 5.41 Å². The first-order chi connectivity index (χ1) is 7.21. The molecule has 0 aliphatic heterocycles. The Balaban J connectivity index is 1.75. The number of aliphatic hydroxyl groups is 1. The molecule has 0 aromatic carbocycles. The average molecular weight is 287 g/mol. The van der Waals surface area contributed by atoms with Gasteiger partial charge in [-0.15, -0.1) is 11.3 Å². The third kappa shape index (κ3) is 1.90. The molecule has 3 rings (SSSR count). The summed E-state index contributed by atoms with van der Waals surface area (Å²) < 4.78 is 1.18. The van der Waals surface area contributed by atoms with E-state index in [2.05, 4.69) is 27.4 Å². The van der Waals surface area contributed by atoms with Gasteiger partial charge in [-0.1, -0.05) is 0 Å². The Morgan fingerprint density at radius 1 is 1.47 bits per heavy atom. The van der Waals surface area contributed by atoms with E-state index in [1.807, 2.05) is 11.3 Å². The lowest BCUT2D eigenvalue weighted by Crippen LogP contribution is -2.25. The van der Waals surface area contributed by atoms with Crippen LogP contribution in [0.3, 0.4) is 0 Å². The van der Waals surface area contributed by atoms with Crippen molar-refractivity contribution >= 4 is 27.3 Å². The van der Waals surface area contributed by atoms with Gasteiger partial charge in [0, 0.05) is 21.3 Å². The van der Waals surface area contributed by atoms with E-state index in [1.54, 1.807) is 0 Å². The van der Waals surface area contributed by atoms with Crippen LogP contribution in [0.4, 0.5) is 0 Å². The maximum atomic E-state index is 9.62. The first kappa shape index (κ1) is 10.3. The van der Waals surface area contributed by atoms with Crippen LogP contribution in [-0.2, 0) is 6.42 Å². The molecule has 1 heterocycles. The minimum Gasteiger partial charge on any atom is -0.396 e. The normalized spacial score (nSPS) is 38.0. The van der Waals surface area contributed by atoms with Crippen molar-refractivity contribution in [2.45, 2.75) is 25.7 Å². The lowest BCUT2D eigenvalue weighted by molar-refractivity contribution is 0.118. The molecule has 0 amide bonds. The third-order valence-electron chi connectivity index (χ3n) is 3.97. The fraction of sp³-hybridized carbons (Fsp3) is 0.667. The quantitative estimate of drug-likeness (QED) is 0.902. The van der Waals surface area contributed by atoms with Gasteiger partial charge in [0.2, 0.25) is 0 Å². The summed E-state index contributed by atoms with van der Waals surface area (Å²) in [4.78, 5) is 1.41. The highest BCUT2D eigenvalue weighted by atomic mass is 79.9. The molecule has 2 unspecified atom stereocenters. The molecule has 15 heavy (non-hydrogen) atoms. The standard InChI is InChI=1S/C12H15BrOS/c13-10-2-11(15-6-10)5-12(7-14)3-8-1-9(8)4-12/h2,6,8-9,14H,1,3-5,7H2. The number of rotatable bonds is 3. The second kappa shape index (κ2) is 3.57. The van der Waals surface area contributed by atoms with E-state index in [0.717, 1.165) is 18.3 Å². The Kier molecular flexibility index (Phi) is 2.45. The molecule has 1 nitrogen and oxygen atoms in total. The SMILES string of the molecule is OCC1(Cc2cc(Br)cs2)CC2CC2C1.